The number of amides is 1. The average molecular weight is 340 g/mol. The van der Waals surface area contributed by atoms with Crippen LogP contribution in [0.1, 0.15) is 54.2 Å². The summed E-state index contributed by atoms with van der Waals surface area (Å²) in [6.07, 6.45) is 5.88. The SMILES string of the molecule is O=C(c1n[nH]c(C2CC2)c1Br)N1CCO[C@@H]2CCC[C@H]21. The minimum atomic E-state index is 0.0419. The molecule has 6 heteroatoms. The number of hydrogen-bond acceptors (Lipinski definition) is 3. The molecule has 1 aliphatic heterocycles. The highest BCUT2D eigenvalue weighted by atomic mass is 79.9. The molecule has 4 rings (SSSR count). The summed E-state index contributed by atoms with van der Waals surface area (Å²) in [7, 11) is 0. The summed E-state index contributed by atoms with van der Waals surface area (Å²) in [6, 6.07) is 0.240. The van der Waals surface area contributed by atoms with Crippen molar-refractivity contribution in [1.82, 2.24) is 15.1 Å². The molecule has 3 aliphatic rings. The van der Waals surface area contributed by atoms with E-state index < -0.39 is 0 Å². The number of nitrogens with one attached hydrogen (secondary N) is 1. The fourth-order valence-corrected chi connectivity index (χ4v) is 4.11. The van der Waals surface area contributed by atoms with Gasteiger partial charge in [0, 0.05) is 12.5 Å². The van der Waals surface area contributed by atoms with Crippen LogP contribution in [-0.2, 0) is 4.74 Å². The molecule has 1 aromatic rings. The Morgan fingerprint density at radius 3 is 3.00 bits per heavy atom. The van der Waals surface area contributed by atoms with Crippen molar-refractivity contribution in [3.05, 3.63) is 15.9 Å². The molecule has 2 heterocycles. The van der Waals surface area contributed by atoms with Gasteiger partial charge in [-0.3, -0.25) is 9.89 Å². The molecule has 5 nitrogen and oxygen atoms in total. The van der Waals surface area contributed by atoms with E-state index in [1.165, 1.54) is 12.8 Å². The van der Waals surface area contributed by atoms with Crippen molar-refractivity contribution in [3.8, 4) is 0 Å². The van der Waals surface area contributed by atoms with Gasteiger partial charge in [-0.05, 0) is 48.0 Å². The zero-order valence-corrected chi connectivity index (χ0v) is 12.9. The maximum atomic E-state index is 12.8. The number of nitrogens with zero attached hydrogens (tertiary/aromatic N) is 2. The number of aromatic amines is 1. The van der Waals surface area contributed by atoms with Crippen LogP contribution in [0.15, 0.2) is 4.47 Å². The fraction of sp³-hybridized carbons (Fsp3) is 0.714. The van der Waals surface area contributed by atoms with Crippen LogP contribution >= 0.6 is 15.9 Å². The molecule has 2 atom stereocenters. The van der Waals surface area contributed by atoms with Crippen molar-refractivity contribution in [2.45, 2.75) is 50.2 Å². The van der Waals surface area contributed by atoms with E-state index in [0.717, 1.165) is 29.4 Å². The second-order valence-electron chi connectivity index (χ2n) is 5.98. The molecule has 0 radical (unpaired) electrons. The van der Waals surface area contributed by atoms with Gasteiger partial charge in [-0.15, -0.1) is 0 Å². The third-order valence-corrected chi connectivity index (χ3v) is 5.47. The predicted molar refractivity (Wildman–Crippen MR) is 76.7 cm³/mol. The van der Waals surface area contributed by atoms with Crippen LogP contribution < -0.4 is 0 Å². The summed E-state index contributed by atoms with van der Waals surface area (Å²) in [4.78, 5) is 14.7. The zero-order chi connectivity index (χ0) is 13.7. The summed E-state index contributed by atoms with van der Waals surface area (Å²) in [6.45, 7) is 1.32. The van der Waals surface area contributed by atoms with Crippen LogP contribution in [0.25, 0.3) is 0 Å². The largest absolute Gasteiger partial charge is 0.374 e. The number of rotatable bonds is 2. The van der Waals surface area contributed by atoms with Gasteiger partial charge in [-0.25, -0.2) is 0 Å². The lowest BCUT2D eigenvalue weighted by Crippen LogP contribution is -2.51. The van der Waals surface area contributed by atoms with Gasteiger partial charge >= 0.3 is 0 Å². The maximum Gasteiger partial charge on any atom is 0.275 e. The number of ether oxygens (including phenoxy) is 1. The van der Waals surface area contributed by atoms with Crippen LogP contribution in [0.2, 0.25) is 0 Å². The van der Waals surface area contributed by atoms with E-state index in [-0.39, 0.29) is 18.1 Å². The standard InChI is InChI=1S/C14H18BrN3O2/c15-11-12(8-4-5-8)16-17-13(11)14(19)18-6-7-20-10-3-1-2-9(10)18/h8-10H,1-7H2,(H,16,17)/t9-,10-/m1/s1. The number of carbonyl (C=O) groups excluding carboxylic acids is 1. The Bertz CT molecular complexity index is 541. The number of carbonyl (C=O) groups is 1. The van der Waals surface area contributed by atoms with E-state index in [1.807, 2.05) is 4.90 Å². The van der Waals surface area contributed by atoms with E-state index in [4.69, 9.17) is 4.74 Å². The van der Waals surface area contributed by atoms with E-state index in [0.29, 0.717) is 24.8 Å². The van der Waals surface area contributed by atoms with Crippen LogP contribution in [-0.4, -0.2) is 46.3 Å². The smallest absolute Gasteiger partial charge is 0.275 e. The van der Waals surface area contributed by atoms with Crippen LogP contribution in [0.5, 0.6) is 0 Å². The molecule has 0 unspecified atom stereocenters. The number of H-pyrrole nitrogens is 1. The van der Waals surface area contributed by atoms with E-state index >= 15 is 0 Å². The predicted octanol–water partition coefficient (Wildman–Crippen LogP) is 2.44. The first-order valence-corrected chi connectivity index (χ1v) is 8.21. The highest BCUT2D eigenvalue weighted by molar-refractivity contribution is 9.10. The van der Waals surface area contributed by atoms with Gasteiger partial charge in [0.15, 0.2) is 5.69 Å². The summed E-state index contributed by atoms with van der Waals surface area (Å²) in [5, 5.41) is 7.30. The van der Waals surface area contributed by atoms with Crippen LogP contribution in [0.4, 0.5) is 0 Å². The third-order valence-electron chi connectivity index (χ3n) is 4.66. The summed E-state index contributed by atoms with van der Waals surface area (Å²) < 4.78 is 6.63. The molecular formula is C14H18BrN3O2. The summed E-state index contributed by atoms with van der Waals surface area (Å²) >= 11 is 3.56. The molecule has 2 saturated carbocycles. The van der Waals surface area contributed by atoms with E-state index in [1.54, 1.807) is 0 Å². The molecule has 20 heavy (non-hydrogen) atoms. The molecule has 1 saturated heterocycles. The van der Waals surface area contributed by atoms with Gasteiger partial charge < -0.3 is 9.64 Å². The quantitative estimate of drug-likeness (QED) is 0.900. The Morgan fingerprint density at radius 1 is 1.35 bits per heavy atom. The average Bonchev–Trinajstić information content (AvgIpc) is 3.05. The van der Waals surface area contributed by atoms with Crippen molar-refractivity contribution in [1.29, 1.82) is 0 Å². The van der Waals surface area contributed by atoms with Gasteiger partial charge in [0.25, 0.3) is 5.91 Å². The van der Waals surface area contributed by atoms with Crippen LogP contribution in [0, 0.1) is 0 Å². The highest BCUT2D eigenvalue weighted by Gasteiger charge is 2.40. The van der Waals surface area contributed by atoms with Crippen molar-refractivity contribution in [3.63, 3.8) is 0 Å². The molecule has 1 aromatic heterocycles. The molecule has 108 valence electrons. The maximum absolute atomic E-state index is 12.8. The molecule has 0 spiro atoms. The Hall–Kier alpha value is -0.880. The van der Waals surface area contributed by atoms with E-state index in [9.17, 15) is 4.79 Å². The van der Waals surface area contributed by atoms with Crippen molar-refractivity contribution >= 4 is 21.8 Å². The first-order chi connectivity index (χ1) is 9.75. The fourth-order valence-electron chi connectivity index (χ4n) is 3.44. The lowest BCUT2D eigenvalue weighted by molar-refractivity contribution is -0.0447. The zero-order valence-electron chi connectivity index (χ0n) is 11.3. The molecule has 0 aromatic carbocycles. The lowest BCUT2D eigenvalue weighted by atomic mass is 10.1. The second-order valence-corrected chi connectivity index (χ2v) is 6.77. The highest BCUT2D eigenvalue weighted by Crippen LogP contribution is 2.43. The van der Waals surface area contributed by atoms with Gasteiger partial charge in [-0.1, -0.05) is 0 Å². The Kier molecular flexibility index (Phi) is 3.11. The van der Waals surface area contributed by atoms with E-state index in [2.05, 4.69) is 26.1 Å². The van der Waals surface area contributed by atoms with Gasteiger partial charge in [-0.2, -0.15) is 5.10 Å². The summed E-state index contributed by atoms with van der Waals surface area (Å²) in [5.74, 6) is 0.600. The number of fused-ring (bicyclic) bond motifs is 1. The molecule has 1 amide bonds. The third kappa shape index (κ3) is 2.00. The number of aromatic nitrogens is 2. The number of hydrogen-bond donors (Lipinski definition) is 1. The van der Waals surface area contributed by atoms with Crippen molar-refractivity contribution in [2.75, 3.05) is 13.2 Å². The Balaban J connectivity index is 1.59. The normalized spacial score (nSPS) is 29.6. The van der Waals surface area contributed by atoms with Gasteiger partial charge in [0.2, 0.25) is 0 Å². The number of morpholine rings is 1. The minimum Gasteiger partial charge on any atom is -0.374 e. The first kappa shape index (κ1) is 12.8. The second kappa shape index (κ2) is 4.84. The summed E-state index contributed by atoms with van der Waals surface area (Å²) in [5.41, 5.74) is 1.63. The van der Waals surface area contributed by atoms with Crippen molar-refractivity contribution < 1.29 is 9.53 Å². The van der Waals surface area contributed by atoms with Crippen LogP contribution in [0.3, 0.4) is 0 Å². The molecular weight excluding hydrogens is 322 g/mol. The molecule has 2 aliphatic carbocycles. The Labute approximate surface area is 126 Å². The topological polar surface area (TPSA) is 58.2 Å². The van der Waals surface area contributed by atoms with Gasteiger partial charge in [0.05, 0.1) is 28.9 Å². The van der Waals surface area contributed by atoms with Gasteiger partial charge in [0.1, 0.15) is 0 Å². The molecule has 3 fully saturated rings. The lowest BCUT2D eigenvalue weighted by Gasteiger charge is -2.37. The number of halogens is 1. The monoisotopic (exact) mass is 339 g/mol. The minimum absolute atomic E-state index is 0.0419. The Morgan fingerprint density at radius 2 is 2.20 bits per heavy atom. The molecule has 1 N–H and O–H groups in total. The first-order valence-electron chi connectivity index (χ1n) is 7.42. The van der Waals surface area contributed by atoms with Crippen molar-refractivity contribution in [2.24, 2.45) is 0 Å². The molecule has 0 bridgehead atoms.